The van der Waals surface area contributed by atoms with Crippen molar-refractivity contribution < 1.29 is 9.84 Å². The Kier molecular flexibility index (Phi) is 4.74. The average Bonchev–Trinajstić information content (AvgIpc) is 2.43. The zero-order valence-electron chi connectivity index (χ0n) is 11.6. The summed E-state index contributed by atoms with van der Waals surface area (Å²) in [6.45, 7) is 3.88. The van der Waals surface area contributed by atoms with Crippen molar-refractivity contribution in [3.8, 4) is 5.75 Å². The van der Waals surface area contributed by atoms with Crippen LogP contribution >= 0.6 is 27.5 Å². The van der Waals surface area contributed by atoms with Crippen LogP contribution in [0.25, 0.3) is 0 Å². The molecule has 1 unspecified atom stereocenters. The van der Waals surface area contributed by atoms with Gasteiger partial charge in [0.2, 0.25) is 0 Å². The van der Waals surface area contributed by atoms with Crippen molar-refractivity contribution in [2.24, 2.45) is 0 Å². The first kappa shape index (κ1) is 15.4. The summed E-state index contributed by atoms with van der Waals surface area (Å²) >= 11 is 9.61. The van der Waals surface area contributed by atoms with Crippen LogP contribution in [-0.4, -0.2) is 12.2 Å². The Balaban J connectivity index is 2.55. The average molecular weight is 356 g/mol. The Morgan fingerprint density at radius 3 is 2.55 bits per heavy atom. The Morgan fingerprint density at radius 1 is 1.20 bits per heavy atom. The van der Waals surface area contributed by atoms with Crippen LogP contribution < -0.4 is 4.74 Å². The van der Waals surface area contributed by atoms with E-state index in [1.165, 1.54) is 0 Å². The molecule has 2 nitrogen and oxygen atoms in total. The van der Waals surface area contributed by atoms with Crippen molar-refractivity contribution in [3.05, 3.63) is 62.1 Å². The third-order valence-corrected chi connectivity index (χ3v) is 4.67. The molecule has 2 rings (SSSR count). The maximum absolute atomic E-state index is 10.7. The Morgan fingerprint density at radius 2 is 1.90 bits per heavy atom. The second-order valence-electron chi connectivity index (χ2n) is 4.70. The van der Waals surface area contributed by atoms with Gasteiger partial charge in [0.25, 0.3) is 0 Å². The lowest BCUT2D eigenvalue weighted by Gasteiger charge is -2.19. The highest BCUT2D eigenvalue weighted by Gasteiger charge is 2.19. The molecule has 0 saturated heterocycles. The van der Waals surface area contributed by atoms with Crippen molar-refractivity contribution in [2.45, 2.75) is 20.0 Å². The lowest BCUT2D eigenvalue weighted by molar-refractivity contribution is 0.214. The SMILES string of the molecule is COc1cc(C)c(Br)cc1C(O)c1cccc(Cl)c1C. The molecule has 106 valence electrons. The van der Waals surface area contributed by atoms with Gasteiger partial charge in [0.15, 0.2) is 0 Å². The number of halogens is 2. The summed E-state index contributed by atoms with van der Waals surface area (Å²) in [6.07, 6.45) is -0.777. The molecule has 0 fully saturated rings. The predicted molar refractivity (Wildman–Crippen MR) is 85.7 cm³/mol. The second-order valence-corrected chi connectivity index (χ2v) is 5.96. The van der Waals surface area contributed by atoms with Gasteiger partial charge in [-0.15, -0.1) is 0 Å². The van der Waals surface area contributed by atoms with E-state index in [2.05, 4.69) is 15.9 Å². The van der Waals surface area contributed by atoms with Gasteiger partial charge in [0.1, 0.15) is 11.9 Å². The summed E-state index contributed by atoms with van der Waals surface area (Å²) in [4.78, 5) is 0. The van der Waals surface area contributed by atoms with E-state index in [0.29, 0.717) is 10.8 Å². The van der Waals surface area contributed by atoms with Gasteiger partial charge in [0.05, 0.1) is 7.11 Å². The Bertz CT molecular complexity index is 641. The molecule has 4 heteroatoms. The molecule has 0 aromatic heterocycles. The number of hydrogen-bond donors (Lipinski definition) is 1. The van der Waals surface area contributed by atoms with E-state index in [4.69, 9.17) is 16.3 Å². The minimum atomic E-state index is -0.777. The number of benzene rings is 2. The number of rotatable bonds is 3. The van der Waals surface area contributed by atoms with E-state index in [1.807, 2.05) is 44.2 Å². The third kappa shape index (κ3) is 2.85. The lowest BCUT2D eigenvalue weighted by Crippen LogP contribution is -2.05. The molecule has 0 aliphatic heterocycles. The maximum atomic E-state index is 10.7. The molecule has 2 aromatic rings. The van der Waals surface area contributed by atoms with Crippen LogP contribution in [-0.2, 0) is 0 Å². The molecule has 20 heavy (non-hydrogen) atoms. The summed E-state index contributed by atoms with van der Waals surface area (Å²) in [5, 5.41) is 11.3. The van der Waals surface area contributed by atoms with Gasteiger partial charge in [-0.3, -0.25) is 0 Å². The van der Waals surface area contributed by atoms with E-state index in [1.54, 1.807) is 7.11 Å². The van der Waals surface area contributed by atoms with Crippen molar-refractivity contribution in [3.63, 3.8) is 0 Å². The Labute approximate surface area is 132 Å². The molecule has 1 atom stereocenters. The molecule has 0 spiro atoms. The van der Waals surface area contributed by atoms with E-state index in [-0.39, 0.29) is 0 Å². The van der Waals surface area contributed by atoms with E-state index < -0.39 is 6.10 Å². The molecular formula is C16H16BrClO2. The first-order valence-electron chi connectivity index (χ1n) is 6.22. The fourth-order valence-electron chi connectivity index (χ4n) is 2.15. The van der Waals surface area contributed by atoms with Crippen molar-refractivity contribution >= 4 is 27.5 Å². The molecule has 0 heterocycles. The summed E-state index contributed by atoms with van der Waals surface area (Å²) in [6, 6.07) is 9.32. The van der Waals surface area contributed by atoms with E-state index in [9.17, 15) is 5.11 Å². The number of aryl methyl sites for hydroxylation is 1. The lowest BCUT2D eigenvalue weighted by atomic mass is 9.96. The monoisotopic (exact) mass is 354 g/mol. The van der Waals surface area contributed by atoms with Crippen LogP contribution in [0.5, 0.6) is 5.75 Å². The number of aliphatic hydroxyl groups is 1. The van der Waals surface area contributed by atoms with Gasteiger partial charge in [-0.25, -0.2) is 0 Å². The molecule has 0 saturated carbocycles. The fraction of sp³-hybridized carbons (Fsp3) is 0.250. The van der Waals surface area contributed by atoms with Crippen molar-refractivity contribution in [1.29, 1.82) is 0 Å². The smallest absolute Gasteiger partial charge is 0.125 e. The number of aliphatic hydroxyl groups excluding tert-OH is 1. The third-order valence-electron chi connectivity index (χ3n) is 3.41. The van der Waals surface area contributed by atoms with Gasteiger partial charge in [0, 0.05) is 15.1 Å². The maximum Gasteiger partial charge on any atom is 0.125 e. The van der Waals surface area contributed by atoms with Crippen LogP contribution in [0, 0.1) is 13.8 Å². The molecule has 0 amide bonds. The van der Waals surface area contributed by atoms with Crippen LogP contribution in [0.2, 0.25) is 5.02 Å². The van der Waals surface area contributed by atoms with Crippen LogP contribution in [0.4, 0.5) is 0 Å². The minimum absolute atomic E-state index is 0.645. The zero-order chi connectivity index (χ0) is 14.9. The van der Waals surface area contributed by atoms with Gasteiger partial charge in [-0.05, 0) is 48.7 Å². The zero-order valence-corrected chi connectivity index (χ0v) is 13.9. The van der Waals surface area contributed by atoms with Crippen molar-refractivity contribution in [1.82, 2.24) is 0 Å². The summed E-state index contributed by atoms with van der Waals surface area (Å²) in [5.74, 6) is 0.664. The van der Waals surface area contributed by atoms with E-state index >= 15 is 0 Å². The minimum Gasteiger partial charge on any atom is -0.496 e. The van der Waals surface area contributed by atoms with Gasteiger partial charge < -0.3 is 9.84 Å². The summed E-state index contributed by atoms with van der Waals surface area (Å²) < 4.78 is 6.32. The number of methoxy groups -OCH3 is 1. The molecule has 0 aliphatic carbocycles. The van der Waals surface area contributed by atoms with Crippen molar-refractivity contribution in [2.75, 3.05) is 7.11 Å². The summed E-state index contributed by atoms with van der Waals surface area (Å²) in [7, 11) is 1.60. The topological polar surface area (TPSA) is 29.5 Å². The predicted octanol–water partition coefficient (Wildman–Crippen LogP) is 4.81. The quantitative estimate of drug-likeness (QED) is 0.856. The van der Waals surface area contributed by atoms with Gasteiger partial charge in [-0.1, -0.05) is 39.7 Å². The Hall–Kier alpha value is -1.03. The molecular weight excluding hydrogens is 340 g/mol. The summed E-state index contributed by atoms with van der Waals surface area (Å²) in [5.41, 5.74) is 3.43. The molecule has 1 N–H and O–H groups in total. The first-order chi connectivity index (χ1) is 9.45. The molecule has 2 aromatic carbocycles. The fourth-order valence-corrected chi connectivity index (χ4v) is 2.69. The van der Waals surface area contributed by atoms with Crippen LogP contribution in [0.1, 0.15) is 28.4 Å². The highest BCUT2D eigenvalue weighted by atomic mass is 79.9. The van der Waals surface area contributed by atoms with Crippen LogP contribution in [0.3, 0.4) is 0 Å². The number of hydrogen-bond acceptors (Lipinski definition) is 2. The standard InChI is InChI=1S/C16H16BrClO2/c1-9-7-15(20-3)12(8-13(9)17)16(19)11-5-4-6-14(18)10(11)2/h4-8,16,19H,1-3H3. The van der Waals surface area contributed by atoms with Gasteiger partial charge in [-0.2, -0.15) is 0 Å². The molecule has 0 bridgehead atoms. The highest BCUT2D eigenvalue weighted by Crippen LogP contribution is 2.36. The van der Waals surface area contributed by atoms with E-state index in [0.717, 1.165) is 26.7 Å². The highest BCUT2D eigenvalue weighted by molar-refractivity contribution is 9.10. The first-order valence-corrected chi connectivity index (χ1v) is 7.40. The van der Waals surface area contributed by atoms with Gasteiger partial charge >= 0.3 is 0 Å². The molecule has 0 aliphatic rings. The normalized spacial score (nSPS) is 12.3. The second kappa shape index (κ2) is 6.17. The van der Waals surface area contributed by atoms with Crippen LogP contribution in [0.15, 0.2) is 34.8 Å². The molecule has 0 radical (unpaired) electrons. The largest absolute Gasteiger partial charge is 0.496 e. The number of ether oxygens (including phenoxy) is 1.